The lowest BCUT2D eigenvalue weighted by molar-refractivity contribution is -0.344. The minimum Gasteiger partial charge on any atom is -0.459 e. The fraction of sp³-hybridized carbons (Fsp3) is 0.500. The van der Waals surface area contributed by atoms with Crippen molar-refractivity contribution in [3.8, 4) is 5.75 Å². The van der Waals surface area contributed by atoms with Crippen LogP contribution in [0.3, 0.4) is 0 Å². The van der Waals surface area contributed by atoms with Gasteiger partial charge in [-0.2, -0.15) is 26.3 Å². The molecule has 30 heavy (non-hydrogen) atoms. The van der Waals surface area contributed by atoms with E-state index < -0.39 is 55.6 Å². The third-order valence-electron chi connectivity index (χ3n) is 3.45. The Hall–Kier alpha value is -1.82. The van der Waals surface area contributed by atoms with E-state index in [1.165, 1.54) is 18.2 Å². The van der Waals surface area contributed by atoms with Crippen molar-refractivity contribution in [1.82, 2.24) is 0 Å². The highest BCUT2D eigenvalue weighted by Gasteiger charge is 2.75. The molecule has 0 aliphatic rings. The van der Waals surface area contributed by atoms with E-state index in [0.29, 0.717) is 0 Å². The number of ether oxygens (including phenoxy) is 2. The molecule has 1 aromatic rings. The molecule has 0 bridgehead atoms. The summed E-state index contributed by atoms with van der Waals surface area (Å²) < 4.78 is 110. The van der Waals surface area contributed by atoms with Gasteiger partial charge in [0, 0.05) is 23.9 Å². The molecule has 0 aliphatic carbocycles. The Kier molecular flexibility index (Phi) is 8.73. The fourth-order valence-electron chi connectivity index (χ4n) is 1.82. The van der Waals surface area contributed by atoms with E-state index in [1.54, 1.807) is 0 Å². The molecule has 0 amide bonds. The number of rotatable bonds is 10. The zero-order valence-electron chi connectivity index (χ0n) is 14.6. The summed E-state index contributed by atoms with van der Waals surface area (Å²) >= 11 is 11.4. The third-order valence-corrected chi connectivity index (χ3v) is 3.99. The molecule has 0 fully saturated rings. The number of carbonyl (C=O) groups excluding carboxylic acids is 2. The van der Waals surface area contributed by atoms with Crippen molar-refractivity contribution in [2.24, 2.45) is 0 Å². The SMILES string of the molecule is O=C(CCCC(=O)Oc1cc(Cl)ccc1Cl)OCC(F)(F)C(F)(F)C(F)(F)C(F)F. The maximum absolute atomic E-state index is 13.2. The van der Waals surface area contributed by atoms with Crippen LogP contribution in [0.2, 0.25) is 10.0 Å². The Morgan fingerprint density at radius 1 is 0.967 bits per heavy atom. The van der Waals surface area contributed by atoms with Crippen LogP contribution < -0.4 is 4.74 Å². The van der Waals surface area contributed by atoms with E-state index in [2.05, 4.69) is 4.74 Å². The van der Waals surface area contributed by atoms with Gasteiger partial charge in [0.25, 0.3) is 0 Å². The lowest BCUT2D eigenvalue weighted by Gasteiger charge is -2.31. The Morgan fingerprint density at radius 2 is 1.53 bits per heavy atom. The number of esters is 2. The van der Waals surface area contributed by atoms with Crippen LogP contribution >= 0.6 is 23.2 Å². The minimum absolute atomic E-state index is 0.0379. The molecule has 14 heteroatoms. The molecule has 4 nitrogen and oxygen atoms in total. The van der Waals surface area contributed by atoms with Gasteiger partial charge in [-0.3, -0.25) is 9.59 Å². The van der Waals surface area contributed by atoms with Crippen LogP contribution in [-0.4, -0.2) is 42.7 Å². The predicted molar refractivity (Wildman–Crippen MR) is 87.8 cm³/mol. The molecule has 0 saturated heterocycles. The number of carbonyl (C=O) groups is 2. The molecule has 0 heterocycles. The van der Waals surface area contributed by atoms with Crippen molar-refractivity contribution in [1.29, 1.82) is 0 Å². The van der Waals surface area contributed by atoms with Crippen LogP contribution in [0, 0.1) is 0 Å². The van der Waals surface area contributed by atoms with Gasteiger partial charge in [-0.1, -0.05) is 23.2 Å². The monoisotopic (exact) mass is 490 g/mol. The molecule has 1 rings (SSSR count). The summed E-state index contributed by atoms with van der Waals surface area (Å²) in [6.45, 7) is -2.57. The van der Waals surface area contributed by atoms with E-state index in [9.17, 15) is 44.7 Å². The van der Waals surface area contributed by atoms with Crippen LogP contribution in [0.15, 0.2) is 18.2 Å². The summed E-state index contributed by atoms with van der Waals surface area (Å²) in [4.78, 5) is 22.9. The molecule has 0 spiro atoms. The van der Waals surface area contributed by atoms with E-state index >= 15 is 0 Å². The first-order valence-electron chi connectivity index (χ1n) is 7.84. The van der Waals surface area contributed by atoms with E-state index in [1.807, 2.05) is 0 Å². The molecule has 0 radical (unpaired) electrons. The first-order valence-corrected chi connectivity index (χ1v) is 8.60. The molecule has 0 aliphatic heterocycles. The van der Waals surface area contributed by atoms with Gasteiger partial charge in [-0.25, -0.2) is 8.78 Å². The Labute approximate surface area is 174 Å². The summed E-state index contributed by atoms with van der Waals surface area (Å²) in [6, 6.07) is 3.96. The standard InChI is InChI=1S/C16H12Cl2F8O4/c17-8-4-5-9(18)10(6-8)30-12(28)3-1-2-11(27)29-7-14(21,22)16(25,26)15(23,24)13(19)20/h4-6,13H,1-3,7H2. The molecule has 0 saturated carbocycles. The number of halogens is 10. The highest BCUT2D eigenvalue weighted by Crippen LogP contribution is 2.48. The quantitative estimate of drug-likeness (QED) is 0.237. The van der Waals surface area contributed by atoms with Crippen molar-refractivity contribution < 1.29 is 54.2 Å². The number of hydrogen-bond donors (Lipinski definition) is 0. The van der Waals surface area contributed by atoms with Gasteiger partial charge in [0.1, 0.15) is 0 Å². The third kappa shape index (κ3) is 6.34. The van der Waals surface area contributed by atoms with Gasteiger partial charge >= 0.3 is 36.1 Å². The van der Waals surface area contributed by atoms with E-state index in [4.69, 9.17) is 27.9 Å². The van der Waals surface area contributed by atoms with Gasteiger partial charge in [0.2, 0.25) is 0 Å². The van der Waals surface area contributed by atoms with Crippen LogP contribution in [0.1, 0.15) is 19.3 Å². The largest absolute Gasteiger partial charge is 0.459 e. The lowest BCUT2D eigenvalue weighted by Crippen LogP contribution is -2.59. The van der Waals surface area contributed by atoms with Crippen molar-refractivity contribution in [2.45, 2.75) is 43.5 Å². The van der Waals surface area contributed by atoms with Crippen LogP contribution in [0.4, 0.5) is 35.1 Å². The maximum Gasteiger partial charge on any atom is 0.381 e. The number of hydrogen-bond acceptors (Lipinski definition) is 4. The zero-order chi connectivity index (χ0) is 23.3. The Bertz CT molecular complexity index is 774. The summed E-state index contributed by atoms with van der Waals surface area (Å²) in [5, 5.41) is 0.233. The van der Waals surface area contributed by atoms with Crippen LogP contribution in [-0.2, 0) is 14.3 Å². The summed E-state index contributed by atoms with van der Waals surface area (Å²) in [5.41, 5.74) is 0. The summed E-state index contributed by atoms with van der Waals surface area (Å²) in [5.74, 6) is -21.2. The summed E-state index contributed by atoms with van der Waals surface area (Å²) in [6.07, 6.45) is -6.65. The molecule has 0 N–H and O–H groups in total. The Balaban J connectivity index is 2.51. The molecular formula is C16H12Cl2F8O4. The second-order valence-corrected chi connectivity index (χ2v) is 6.61. The zero-order valence-corrected chi connectivity index (χ0v) is 16.1. The minimum atomic E-state index is -6.48. The molecule has 1 aromatic carbocycles. The number of benzene rings is 1. The molecular weight excluding hydrogens is 479 g/mol. The first-order chi connectivity index (χ1) is 13.6. The van der Waals surface area contributed by atoms with Gasteiger partial charge < -0.3 is 9.47 Å². The molecule has 0 atom stereocenters. The van der Waals surface area contributed by atoms with E-state index in [0.717, 1.165) is 0 Å². The van der Waals surface area contributed by atoms with Gasteiger partial charge in [0.15, 0.2) is 12.4 Å². The van der Waals surface area contributed by atoms with Crippen molar-refractivity contribution in [3.05, 3.63) is 28.2 Å². The van der Waals surface area contributed by atoms with Crippen molar-refractivity contribution in [3.63, 3.8) is 0 Å². The van der Waals surface area contributed by atoms with Crippen LogP contribution in [0.5, 0.6) is 5.75 Å². The number of alkyl halides is 8. The first kappa shape index (κ1) is 26.2. The van der Waals surface area contributed by atoms with E-state index in [-0.39, 0.29) is 22.2 Å². The second kappa shape index (κ2) is 9.99. The van der Waals surface area contributed by atoms with Gasteiger partial charge in [-0.15, -0.1) is 0 Å². The smallest absolute Gasteiger partial charge is 0.381 e. The average Bonchev–Trinajstić information content (AvgIpc) is 2.62. The lowest BCUT2D eigenvalue weighted by atomic mass is 10.1. The van der Waals surface area contributed by atoms with Crippen molar-refractivity contribution >= 4 is 35.1 Å². The molecule has 170 valence electrons. The summed E-state index contributed by atoms with van der Waals surface area (Å²) in [7, 11) is 0. The topological polar surface area (TPSA) is 52.6 Å². The molecule has 0 aromatic heterocycles. The maximum atomic E-state index is 13.2. The normalized spacial score (nSPS) is 12.8. The van der Waals surface area contributed by atoms with Crippen molar-refractivity contribution in [2.75, 3.05) is 6.61 Å². The fourth-order valence-corrected chi connectivity index (χ4v) is 2.14. The highest BCUT2D eigenvalue weighted by atomic mass is 35.5. The van der Waals surface area contributed by atoms with Gasteiger partial charge in [-0.05, 0) is 18.6 Å². The second-order valence-electron chi connectivity index (χ2n) is 5.77. The highest BCUT2D eigenvalue weighted by molar-refractivity contribution is 6.34. The molecule has 0 unspecified atom stereocenters. The van der Waals surface area contributed by atoms with Gasteiger partial charge in [0.05, 0.1) is 5.02 Å². The predicted octanol–water partition coefficient (Wildman–Crippen LogP) is 5.78. The van der Waals surface area contributed by atoms with Crippen LogP contribution in [0.25, 0.3) is 0 Å². The Morgan fingerprint density at radius 3 is 2.10 bits per heavy atom. The average molecular weight is 491 g/mol.